The van der Waals surface area contributed by atoms with Crippen LogP contribution < -0.4 is 5.73 Å². The second-order valence-corrected chi connectivity index (χ2v) is 3.71. The molecule has 3 aromatic rings. The van der Waals surface area contributed by atoms with Crippen LogP contribution in [0.4, 0.5) is 5.82 Å². The van der Waals surface area contributed by atoms with Gasteiger partial charge in [0.05, 0.1) is 5.69 Å². The van der Waals surface area contributed by atoms with E-state index in [9.17, 15) is 0 Å². The summed E-state index contributed by atoms with van der Waals surface area (Å²) in [6, 6.07) is 3.68. The van der Waals surface area contributed by atoms with Crippen LogP contribution >= 0.6 is 11.6 Å². The van der Waals surface area contributed by atoms with Crippen LogP contribution in [0.25, 0.3) is 16.9 Å². The van der Waals surface area contributed by atoms with Crippen LogP contribution in [-0.2, 0) is 0 Å². The lowest BCUT2D eigenvalue weighted by Crippen LogP contribution is -1.98. The third-order valence-electron chi connectivity index (χ3n) is 2.34. The van der Waals surface area contributed by atoms with E-state index in [1.54, 1.807) is 23.3 Å². The molecule has 0 unspecified atom stereocenters. The minimum absolute atomic E-state index is 0.103. The maximum atomic E-state index is 5.78. The molecule has 6 nitrogen and oxygen atoms in total. The van der Waals surface area contributed by atoms with Crippen molar-refractivity contribution in [2.75, 3.05) is 5.73 Å². The van der Waals surface area contributed by atoms with Gasteiger partial charge in [-0.05, 0) is 23.7 Å². The monoisotopic (exact) mass is 246 g/mol. The largest absolute Gasteiger partial charge is 0.382 e. The highest BCUT2D eigenvalue weighted by Gasteiger charge is 2.11. The quantitative estimate of drug-likeness (QED) is 0.657. The summed E-state index contributed by atoms with van der Waals surface area (Å²) in [4.78, 5) is 16.1. The summed E-state index contributed by atoms with van der Waals surface area (Å²) >= 11 is 5.78. The molecule has 0 atom stereocenters. The Morgan fingerprint density at radius 2 is 1.94 bits per heavy atom. The van der Waals surface area contributed by atoms with Gasteiger partial charge >= 0.3 is 0 Å². The highest BCUT2D eigenvalue weighted by atomic mass is 35.5. The number of nitrogens with zero attached hydrogens (tertiary/aromatic N) is 5. The first-order valence-corrected chi connectivity index (χ1v) is 5.20. The Morgan fingerprint density at radius 1 is 1.18 bits per heavy atom. The maximum Gasteiger partial charge on any atom is 0.226 e. The summed E-state index contributed by atoms with van der Waals surface area (Å²) in [6.07, 6.45) is 5.00. The molecule has 84 valence electrons. The van der Waals surface area contributed by atoms with E-state index in [4.69, 9.17) is 17.3 Å². The Balaban J connectivity index is 2.32. The number of hydrogen-bond acceptors (Lipinski definition) is 5. The van der Waals surface area contributed by atoms with E-state index in [2.05, 4.69) is 19.9 Å². The SMILES string of the molecule is Nc1nc(Cl)nc2c1ncn2-c1ccncc1. The first-order chi connectivity index (χ1) is 8.25. The fourth-order valence-electron chi connectivity index (χ4n) is 1.59. The topological polar surface area (TPSA) is 82.5 Å². The van der Waals surface area contributed by atoms with E-state index >= 15 is 0 Å². The number of nitrogen functional groups attached to an aromatic ring is 1. The Kier molecular flexibility index (Phi) is 2.15. The third kappa shape index (κ3) is 1.58. The van der Waals surface area contributed by atoms with Gasteiger partial charge in [-0.1, -0.05) is 0 Å². The molecule has 0 aliphatic rings. The van der Waals surface area contributed by atoms with Crippen LogP contribution in [0.1, 0.15) is 0 Å². The van der Waals surface area contributed by atoms with Crippen molar-refractivity contribution < 1.29 is 0 Å². The zero-order valence-electron chi connectivity index (χ0n) is 8.58. The molecule has 0 spiro atoms. The second kappa shape index (κ2) is 3.67. The number of halogens is 1. The van der Waals surface area contributed by atoms with Crippen molar-refractivity contribution in [3.63, 3.8) is 0 Å². The first-order valence-electron chi connectivity index (χ1n) is 4.82. The number of imidazole rings is 1. The number of aromatic nitrogens is 5. The molecule has 0 saturated carbocycles. The molecule has 0 aliphatic heterocycles. The molecule has 17 heavy (non-hydrogen) atoms. The molecular formula is C10H7ClN6. The summed E-state index contributed by atoms with van der Waals surface area (Å²) in [5.41, 5.74) is 7.72. The Hall–Kier alpha value is -2.21. The molecule has 0 bridgehead atoms. The second-order valence-electron chi connectivity index (χ2n) is 3.37. The van der Waals surface area contributed by atoms with Crippen molar-refractivity contribution in [3.8, 4) is 5.69 Å². The van der Waals surface area contributed by atoms with Gasteiger partial charge in [-0.2, -0.15) is 9.97 Å². The van der Waals surface area contributed by atoms with Crippen LogP contribution in [0.2, 0.25) is 5.28 Å². The van der Waals surface area contributed by atoms with E-state index in [1.165, 1.54) is 0 Å². The Morgan fingerprint density at radius 3 is 2.71 bits per heavy atom. The molecule has 3 heterocycles. The summed E-state index contributed by atoms with van der Waals surface area (Å²) < 4.78 is 1.78. The van der Waals surface area contributed by atoms with Crippen molar-refractivity contribution in [2.45, 2.75) is 0 Å². The van der Waals surface area contributed by atoms with E-state index in [0.29, 0.717) is 11.2 Å². The van der Waals surface area contributed by atoms with Crippen molar-refractivity contribution >= 4 is 28.6 Å². The van der Waals surface area contributed by atoms with Crippen LogP contribution in [0.5, 0.6) is 0 Å². The van der Waals surface area contributed by atoms with Crippen molar-refractivity contribution in [2.24, 2.45) is 0 Å². The molecule has 0 aromatic carbocycles. The van der Waals surface area contributed by atoms with Gasteiger partial charge in [0.25, 0.3) is 0 Å². The molecule has 2 N–H and O–H groups in total. The first kappa shape index (κ1) is 9.98. The summed E-state index contributed by atoms with van der Waals surface area (Å²) in [7, 11) is 0. The Bertz CT molecular complexity index is 678. The molecule has 0 saturated heterocycles. The normalized spacial score (nSPS) is 10.9. The molecule has 0 fully saturated rings. The summed E-state index contributed by atoms with van der Waals surface area (Å²) in [5.74, 6) is 0.271. The molecule has 0 radical (unpaired) electrons. The number of pyridine rings is 1. The van der Waals surface area contributed by atoms with E-state index in [-0.39, 0.29) is 11.1 Å². The minimum atomic E-state index is 0.103. The van der Waals surface area contributed by atoms with Gasteiger partial charge in [0.2, 0.25) is 5.28 Å². The average Bonchev–Trinajstić information content (AvgIpc) is 2.74. The van der Waals surface area contributed by atoms with E-state index in [0.717, 1.165) is 5.69 Å². The van der Waals surface area contributed by atoms with Gasteiger partial charge in [-0.15, -0.1) is 0 Å². The van der Waals surface area contributed by atoms with Crippen molar-refractivity contribution in [1.82, 2.24) is 24.5 Å². The van der Waals surface area contributed by atoms with Crippen LogP contribution in [-0.4, -0.2) is 24.5 Å². The van der Waals surface area contributed by atoms with Gasteiger partial charge in [0, 0.05) is 12.4 Å². The van der Waals surface area contributed by atoms with Gasteiger partial charge < -0.3 is 5.73 Å². The fraction of sp³-hybridized carbons (Fsp3) is 0. The van der Waals surface area contributed by atoms with Crippen molar-refractivity contribution in [1.29, 1.82) is 0 Å². The lowest BCUT2D eigenvalue weighted by Gasteiger charge is -2.02. The number of nitrogens with two attached hydrogens (primary N) is 1. The molecule has 3 rings (SSSR count). The predicted molar refractivity (Wildman–Crippen MR) is 63.9 cm³/mol. The van der Waals surface area contributed by atoms with E-state index < -0.39 is 0 Å². The zero-order valence-corrected chi connectivity index (χ0v) is 9.33. The smallest absolute Gasteiger partial charge is 0.226 e. The predicted octanol–water partition coefficient (Wildman–Crippen LogP) is 1.45. The average molecular weight is 247 g/mol. The van der Waals surface area contributed by atoms with Crippen molar-refractivity contribution in [3.05, 3.63) is 36.1 Å². The maximum absolute atomic E-state index is 5.78. The summed E-state index contributed by atoms with van der Waals surface area (Å²) in [5, 5.41) is 0.103. The highest BCUT2D eigenvalue weighted by molar-refractivity contribution is 6.28. The molecule has 3 aromatic heterocycles. The highest BCUT2D eigenvalue weighted by Crippen LogP contribution is 2.20. The fourth-order valence-corrected chi connectivity index (χ4v) is 1.76. The molecule has 7 heteroatoms. The standard InChI is InChI=1S/C10H7ClN6/c11-10-15-8(12)7-9(16-10)17(5-14-7)6-1-3-13-4-2-6/h1-5H,(H2,12,15,16). The third-order valence-corrected chi connectivity index (χ3v) is 2.51. The summed E-state index contributed by atoms with van der Waals surface area (Å²) in [6.45, 7) is 0. The van der Waals surface area contributed by atoms with Crippen LogP contribution in [0.15, 0.2) is 30.9 Å². The lowest BCUT2D eigenvalue weighted by molar-refractivity contribution is 1.05. The lowest BCUT2D eigenvalue weighted by atomic mass is 10.4. The number of rotatable bonds is 1. The van der Waals surface area contributed by atoms with Gasteiger partial charge in [-0.25, -0.2) is 4.98 Å². The van der Waals surface area contributed by atoms with Gasteiger partial charge in [0.1, 0.15) is 6.33 Å². The molecule has 0 aliphatic carbocycles. The zero-order chi connectivity index (χ0) is 11.8. The number of fused-ring (bicyclic) bond motifs is 1. The van der Waals surface area contributed by atoms with Gasteiger partial charge in [-0.3, -0.25) is 9.55 Å². The van der Waals surface area contributed by atoms with E-state index in [1.807, 2.05) is 12.1 Å². The number of hydrogen-bond donors (Lipinski definition) is 1. The van der Waals surface area contributed by atoms with Crippen LogP contribution in [0, 0.1) is 0 Å². The molecular weight excluding hydrogens is 240 g/mol. The molecule has 0 amide bonds. The number of anilines is 1. The van der Waals surface area contributed by atoms with Gasteiger partial charge in [0.15, 0.2) is 17.0 Å². The minimum Gasteiger partial charge on any atom is -0.382 e. The Labute approximate surface area is 101 Å². The van der Waals surface area contributed by atoms with Crippen LogP contribution in [0.3, 0.4) is 0 Å².